The normalized spacial score (nSPS) is 12.2. The van der Waals surface area contributed by atoms with Gasteiger partial charge in [-0.2, -0.15) is 0 Å². The number of hydrogen-bond acceptors (Lipinski definition) is 2. The number of rotatable bonds is 6. The highest BCUT2D eigenvalue weighted by molar-refractivity contribution is 5.78. The van der Waals surface area contributed by atoms with Gasteiger partial charge < -0.3 is 10.4 Å². The SMILES string of the molecule is CCC(O)CCNC(=O)Cc1ccc(F)c(F)c1. The lowest BCUT2D eigenvalue weighted by Crippen LogP contribution is -2.28. The molecule has 0 heterocycles. The molecular weight excluding hydrogens is 240 g/mol. The third-order valence-corrected chi connectivity index (χ3v) is 2.62. The van der Waals surface area contributed by atoms with Crippen LogP contribution in [-0.2, 0) is 11.2 Å². The molecule has 1 atom stereocenters. The molecule has 100 valence electrons. The lowest BCUT2D eigenvalue weighted by atomic mass is 10.1. The predicted molar refractivity (Wildman–Crippen MR) is 64.0 cm³/mol. The van der Waals surface area contributed by atoms with E-state index in [4.69, 9.17) is 0 Å². The van der Waals surface area contributed by atoms with Gasteiger partial charge in [0, 0.05) is 6.54 Å². The van der Waals surface area contributed by atoms with Gasteiger partial charge in [-0.3, -0.25) is 4.79 Å². The number of aliphatic hydroxyl groups excluding tert-OH is 1. The van der Waals surface area contributed by atoms with Crippen molar-refractivity contribution in [3.8, 4) is 0 Å². The molecule has 1 unspecified atom stereocenters. The second-order valence-electron chi connectivity index (χ2n) is 4.13. The Kier molecular flexibility index (Phi) is 5.71. The van der Waals surface area contributed by atoms with Crippen LogP contribution in [0.2, 0.25) is 0 Å². The third-order valence-electron chi connectivity index (χ3n) is 2.62. The standard InChI is InChI=1S/C13H17F2NO2/c1-2-10(17)5-6-16-13(18)8-9-3-4-11(14)12(15)7-9/h3-4,7,10,17H,2,5-6,8H2,1H3,(H,16,18). The molecule has 0 radical (unpaired) electrons. The smallest absolute Gasteiger partial charge is 0.224 e. The number of benzene rings is 1. The van der Waals surface area contributed by atoms with Gasteiger partial charge in [-0.1, -0.05) is 13.0 Å². The first-order valence-electron chi connectivity index (χ1n) is 5.91. The monoisotopic (exact) mass is 257 g/mol. The van der Waals surface area contributed by atoms with Crippen molar-refractivity contribution in [2.45, 2.75) is 32.3 Å². The van der Waals surface area contributed by atoms with E-state index >= 15 is 0 Å². The Morgan fingerprint density at radius 3 is 2.72 bits per heavy atom. The van der Waals surface area contributed by atoms with Crippen LogP contribution in [0.5, 0.6) is 0 Å². The van der Waals surface area contributed by atoms with Crippen molar-refractivity contribution in [1.82, 2.24) is 5.32 Å². The summed E-state index contributed by atoms with van der Waals surface area (Å²) < 4.78 is 25.6. The Balaban J connectivity index is 2.38. The number of hydrogen-bond donors (Lipinski definition) is 2. The third kappa shape index (κ3) is 4.79. The van der Waals surface area contributed by atoms with Crippen LogP contribution in [0.1, 0.15) is 25.3 Å². The molecule has 1 aromatic rings. The van der Waals surface area contributed by atoms with Crippen LogP contribution >= 0.6 is 0 Å². The highest BCUT2D eigenvalue weighted by atomic mass is 19.2. The first-order valence-corrected chi connectivity index (χ1v) is 5.91. The highest BCUT2D eigenvalue weighted by Crippen LogP contribution is 2.09. The molecule has 0 bridgehead atoms. The number of aliphatic hydroxyl groups is 1. The fourth-order valence-electron chi connectivity index (χ4n) is 1.48. The minimum absolute atomic E-state index is 0.000575. The molecule has 0 aliphatic rings. The molecule has 1 rings (SSSR count). The first-order chi connectivity index (χ1) is 8.52. The van der Waals surface area contributed by atoms with Crippen molar-refractivity contribution in [1.29, 1.82) is 0 Å². The van der Waals surface area contributed by atoms with E-state index in [1.165, 1.54) is 6.07 Å². The van der Waals surface area contributed by atoms with E-state index in [-0.39, 0.29) is 12.3 Å². The maximum absolute atomic E-state index is 12.9. The van der Waals surface area contributed by atoms with Gasteiger partial charge in [-0.25, -0.2) is 8.78 Å². The molecule has 0 saturated heterocycles. The fraction of sp³-hybridized carbons (Fsp3) is 0.462. The minimum Gasteiger partial charge on any atom is -0.393 e. The Labute approximate surface area is 105 Å². The Bertz CT molecular complexity index is 410. The Morgan fingerprint density at radius 1 is 1.39 bits per heavy atom. The van der Waals surface area contributed by atoms with E-state index in [1.54, 1.807) is 0 Å². The largest absolute Gasteiger partial charge is 0.393 e. The highest BCUT2D eigenvalue weighted by Gasteiger charge is 2.07. The minimum atomic E-state index is -0.957. The van der Waals surface area contributed by atoms with Gasteiger partial charge in [0.2, 0.25) is 5.91 Å². The van der Waals surface area contributed by atoms with E-state index in [1.807, 2.05) is 6.92 Å². The molecule has 0 fully saturated rings. The quantitative estimate of drug-likeness (QED) is 0.816. The molecule has 1 amide bonds. The Morgan fingerprint density at radius 2 is 2.11 bits per heavy atom. The summed E-state index contributed by atoms with van der Waals surface area (Å²) >= 11 is 0. The average Bonchev–Trinajstić information content (AvgIpc) is 2.33. The zero-order chi connectivity index (χ0) is 13.5. The number of nitrogens with one attached hydrogen (secondary N) is 1. The second-order valence-corrected chi connectivity index (χ2v) is 4.13. The number of carbonyl (C=O) groups excluding carboxylic acids is 1. The van der Waals surface area contributed by atoms with Crippen LogP contribution in [0.4, 0.5) is 8.78 Å². The van der Waals surface area contributed by atoms with Crippen LogP contribution in [0.15, 0.2) is 18.2 Å². The zero-order valence-corrected chi connectivity index (χ0v) is 10.2. The molecular formula is C13H17F2NO2. The van der Waals surface area contributed by atoms with Crippen molar-refractivity contribution in [3.05, 3.63) is 35.4 Å². The number of amides is 1. The fourth-order valence-corrected chi connectivity index (χ4v) is 1.48. The predicted octanol–water partition coefficient (Wildman–Crippen LogP) is 1.78. The summed E-state index contributed by atoms with van der Waals surface area (Å²) in [7, 11) is 0. The van der Waals surface area contributed by atoms with E-state index < -0.39 is 17.7 Å². The molecule has 1 aromatic carbocycles. The molecule has 0 saturated carbocycles. The van der Waals surface area contributed by atoms with Crippen molar-refractivity contribution in [2.75, 3.05) is 6.54 Å². The van der Waals surface area contributed by atoms with Crippen molar-refractivity contribution >= 4 is 5.91 Å². The van der Waals surface area contributed by atoms with Crippen molar-refractivity contribution in [3.63, 3.8) is 0 Å². The lowest BCUT2D eigenvalue weighted by molar-refractivity contribution is -0.120. The van der Waals surface area contributed by atoms with E-state index in [2.05, 4.69) is 5.32 Å². The van der Waals surface area contributed by atoms with E-state index in [0.717, 1.165) is 12.1 Å². The summed E-state index contributed by atoms with van der Waals surface area (Å²) in [4.78, 5) is 11.5. The van der Waals surface area contributed by atoms with Crippen LogP contribution in [0, 0.1) is 11.6 Å². The summed E-state index contributed by atoms with van der Waals surface area (Å²) in [6.45, 7) is 2.23. The average molecular weight is 257 g/mol. The maximum atomic E-state index is 12.9. The number of halogens is 2. The van der Waals surface area contributed by atoms with Crippen molar-refractivity contribution in [2.24, 2.45) is 0 Å². The van der Waals surface area contributed by atoms with Crippen LogP contribution in [-0.4, -0.2) is 23.7 Å². The summed E-state index contributed by atoms with van der Waals surface area (Å²) in [5.74, 6) is -2.16. The van der Waals surface area contributed by atoms with Gasteiger partial charge in [0.15, 0.2) is 11.6 Å². The first kappa shape index (κ1) is 14.6. The molecule has 5 heteroatoms. The Hall–Kier alpha value is -1.49. The van der Waals surface area contributed by atoms with Gasteiger partial charge in [-0.05, 0) is 30.5 Å². The van der Waals surface area contributed by atoms with E-state index in [9.17, 15) is 18.7 Å². The molecule has 0 spiro atoms. The van der Waals surface area contributed by atoms with Crippen LogP contribution in [0.25, 0.3) is 0 Å². The number of carbonyl (C=O) groups is 1. The van der Waals surface area contributed by atoms with Crippen LogP contribution in [0.3, 0.4) is 0 Å². The summed E-state index contributed by atoms with van der Waals surface area (Å²) in [5, 5.41) is 11.9. The van der Waals surface area contributed by atoms with Gasteiger partial charge in [-0.15, -0.1) is 0 Å². The zero-order valence-electron chi connectivity index (χ0n) is 10.2. The topological polar surface area (TPSA) is 49.3 Å². The van der Waals surface area contributed by atoms with Gasteiger partial charge in [0.05, 0.1) is 12.5 Å². The molecule has 3 nitrogen and oxygen atoms in total. The molecule has 0 aliphatic carbocycles. The van der Waals surface area contributed by atoms with Crippen LogP contribution < -0.4 is 5.32 Å². The van der Waals surface area contributed by atoms with Gasteiger partial charge in [0.1, 0.15) is 0 Å². The summed E-state index contributed by atoms with van der Waals surface area (Å²) in [6.07, 6.45) is 0.701. The van der Waals surface area contributed by atoms with Gasteiger partial charge in [0.25, 0.3) is 0 Å². The maximum Gasteiger partial charge on any atom is 0.224 e. The molecule has 2 N–H and O–H groups in total. The summed E-state index contributed by atoms with van der Waals surface area (Å²) in [6, 6.07) is 3.38. The molecule has 0 aromatic heterocycles. The second kappa shape index (κ2) is 7.06. The lowest BCUT2D eigenvalue weighted by Gasteiger charge is -2.09. The van der Waals surface area contributed by atoms with Gasteiger partial charge >= 0.3 is 0 Å². The molecule has 0 aliphatic heterocycles. The summed E-state index contributed by atoms with van der Waals surface area (Å²) in [5.41, 5.74) is 0.419. The van der Waals surface area contributed by atoms with Crippen molar-refractivity contribution < 1.29 is 18.7 Å². The van der Waals surface area contributed by atoms with E-state index in [0.29, 0.717) is 24.9 Å². The molecule has 18 heavy (non-hydrogen) atoms.